The topological polar surface area (TPSA) is 39.9 Å². The number of pyridine rings is 2. The minimum atomic E-state index is -0.0653. The molecule has 3 nitrogen and oxygen atoms in total. The average molecular weight is 891 g/mol. The molecule has 7 aromatic rings. The maximum Gasteiger partial charge on any atom is 2.00 e. The van der Waals surface area contributed by atoms with Gasteiger partial charge in [-0.25, -0.2) is 0 Å². The molecule has 0 bridgehead atoms. The number of nitrogens with zero attached hydrogens (tertiary/aromatic N) is 3. The number of rotatable bonds is 4. The first kappa shape index (κ1) is 39.4. The van der Waals surface area contributed by atoms with Gasteiger partial charge in [0.15, 0.2) is 0 Å². The van der Waals surface area contributed by atoms with Crippen molar-refractivity contribution in [1.29, 1.82) is 0 Å². The number of hydrogen-bond donors (Lipinski definition) is 0. The second-order valence-electron chi connectivity index (χ2n) is 18.9. The second-order valence-corrected chi connectivity index (χ2v) is 18.9. The molecule has 0 unspecified atom stereocenters. The standard InChI is InChI=1S/C50H53N3.Pt/c1-47(2,3)35-23-34(24-36(25-35)48(4,5)6)33-19-20-43(52-30-33)32-17-15-16-31(22-32)39-26-37(49(7,8)9)27-40-41-28-38(50(10,11)12)29-42(46(41)53-45(39)40)44-18-13-14-21-51-44;/h13-21,23-30H,1-12H3;/q-2;+2. The summed E-state index contributed by atoms with van der Waals surface area (Å²) in [4.78, 5) is 15.2. The Hall–Kier alpha value is -4.33. The first-order valence-electron chi connectivity index (χ1n) is 18.9. The molecule has 278 valence electrons. The van der Waals surface area contributed by atoms with E-state index < -0.39 is 0 Å². The van der Waals surface area contributed by atoms with Crippen LogP contribution in [0.25, 0.3) is 66.6 Å². The predicted molar refractivity (Wildman–Crippen MR) is 226 cm³/mol. The van der Waals surface area contributed by atoms with Gasteiger partial charge >= 0.3 is 21.1 Å². The molecule has 0 aliphatic heterocycles. The van der Waals surface area contributed by atoms with Crippen LogP contribution in [0.5, 0.6) is 0 Å². The average Bonchev–Trinajstić information content (AvgIpc) is 3.48. The zero-order valence-corrected chi connectivity index (χ0v) is 36.2. The molecule has 0 radical (unpaired) electrons. The summed E-state index contributed by atoms with van der Waals surface area (Å²) in [6.07, 6.45) is 3.88. The fourth-order valence-electron chi connectivity index (χ4n) is 6.98. The summed E-state index contributed by atoms with van der Waals surface area (Å²) in [5.41, 5.74) is 15.4. The fraction of sp³-hybridized carbons (Fsp3) is 0.320. The Morgan fingerprint density at radius 1 is 0.463 bits per heavy atom. The maximum absolute atomic E-state index is 5.43. The van der Waals surface area contributed by atoms with Crippen LogP contribution in [0.15, 0.2) is 103 Å². The molecule has 7 rings (SSSR count). The Labute approximate surface area is 337 Å². The first-order chi connectivity index (χ1) is 24.8. The van der Waals surface area contributed by atoms with Gasteiger partial charge in [-0.3, -0.25) is 9.97 Å². The van der Waals surface area contributed by atoms with E-state index in [-0.39, 0.29) is 42.7 Å². The van der Waals surface area contributed by atoms with Crippen LogP contribution in [0.3, 0.4) is 0 Å². The zero-order chi connectivity index (χ0) is 38.1. The van der Waals surface area contributed by atoms with E-state index in [9.17, 15) is 0 Å². The number of hydrogen-bond acceptors (Lipinski definition) is 2. The van der Waals surface area contributed by atoms with E-state index in [1.54, 1.807) is 0 Å². The number of benzene rings is 4. The monoisotopic (exact) mass is 890 g/mol. The maximum atomic E-state index is 5.43. The largest absolute Gasteiger partial charge is 2.00 e. The SMILES string of the molecule is CC(C)(C)c1cc(-c2ccc(-c3[c-]c(-c4cc(C(C)(C)C)cc5c4[n-]c4c(-c6ccccn6)cc(C(C)(C)C)cc45)ccc3)nc2)cc(C(C)(C)C)c1.[Pt+2]. The van der Waals surface area contributed by atoms with E-state index in [4.69, 9.17) is 15.0 Å². The first-order valence-corrected chi connectivity index (χ1v) is 18.9. The van der Waals surface area contributed by atoms with Crippen molar-refractivity contribution in [2.45, 2.75) is 105 Å². The molecule has 0 N–H and O–H groups in total. The minimum Gasteiger partial charge on any atom is -0.662 e. The van der Waals surface area contributed by atoms with Crippen LogP contribution in [-0.4, -0.2) is 9.97 Å². The molecule has 0 spiro atoms. The van der Waals surface area contributed by atoms with E-state index in [1.165, 1.54) is 38.6 Å². The summed E-state index contributed by atoms with van der Waals surface area (Å²) < 4.78 is 0. The quantitative estimate of drug-likeness (QED) is 0.165. The molecule has 0 fully saturated rings. The summed E-state index contributed by atoms with van der Waals surface area (Å²) in [6.45, 7) is 27.3. The van der Waals surface area contributed by atoms with Gasteiger partial charge in [0.2, 0.25) is 0 Å². The molecule has 0 amide bonds. The second kappa shape index (κ2) is 14.1. The zero-order valence-electron chi connectivity index (χ0n) is 34.0. The fourth-order valence-corrected chi connectivity index (χ4v) is 6.98. The van der Waals surface area contributed by atoms with E-state index in [0.717, 1.165) is 50.2 Å². The van der Waals surface area contributed by atoms with Crippen molar-refractivity contribution in [1.82, 2.24) is 15.0 Å². The van der Waals surface area contributed by atoms with Crippen molar-refractivity contribution in [3.8, 4) is 44.8 Å². The van der Waals surface area contributed by atoms with E-state index in [1.807, 2.05) is 18.5 Å². The van der Waals surface area contributed by atoms with Crippen molar-refractivity contribution in [2.75, 3.05) is 0 Å². The third kappa shape index (κ3) is 7.76. The molecular formula is C50H53N3Pt. The van der Waals surface area contributed by atoms with E-state index >= 15 is 0 Å². The molecule has 0 aliphatic carbocycles. The summed E-state index contributed by atoms with van der Waals surface area (Å²) in [5.74, 6) is 0. The summed E-state index contributed by atoms with van der Waals surface area (Å²) >= 11 is 0. The summed E-state index contributed by atoms with van der Waals surface area (Å²) in [5, 5.41) is 2.33. The Morgan fingerprint density at radius 2 is 1.00 bits per heavy atom. The molecule has 0 saturated heterocycles. The summed E-state index contributed by atoms with van der Waals surface area (Å²) in [6, 6.07) is 36.9. The van der Waals surface area contributed by atoms with Crippen molar-refractivity contribution in [2.24, 2.45) is 0 Å². The molecule has 0 atom stereocenters. The van der Waals surface area contributed by atoms with Gasteiger partial charge in [-0.2, -0.15) is 5.52 Å². The molecule has 4 aromatic carbocycles. The molecule has 3 heterocycles. The Bertz CT molecular complexity index is 2430. The van der Waals surface area contributed by atoms with Gasteiger partial charge in [0.1, 0.15) is 0 Å². The van der Waals surface area contributed by atoms with Gasteiger partial charge in [-0.15, -0.1) is 35.3 Å². The van der Waals surface area contributed by atoms with Gasteiger partial charge in [0.25, 0.3) is 0 Å². The van der Waals surface area contributed by atoms with Crippen molar-refractivity contribution in [3.05, 3.63) is 132 Å². The number of aromatic nitrogens is 3. The Balaban J connectivity index is 0.00000497. The Morgan fingerprint density at radius 3 is 1.52 bits per heavy atom. The molecular weight excluding hydrogens is 838 g/mol. The van der Waals surface area contributed by atoms with Gasteiger partial charge in [0, 0.05) is 18.1 Å². The third-order valence-electron chi connectivity index (χ3n) is 10.5. The van der Waals surface area contributed by atoms with Gasteiger partial charge in [0.05, 0.1) is 5.69 Å². The van der Waals surface area contributed by atoms with Crippen molar-refractivity contribution >= 4 is 21.8 Å². The van der Waals surface area contributed by atoms with Crippen LogP contribution in [0.2, 0.25) is 0 Å². The normalized spacial score (nSPS) is 12.7. The van der Waals surface area contributed by atoms with Crippen LogP contribution >= 0.6 is 0 Å². The van der Waals surface area contributed by atoms with Crippen LogP contribution in [0.4, 0.5) is 0 Å². The van der Waals surface area contributed by atoms with Crippen LogP contribution in [0.1, 0.15) is 105 Å². The van der Waals surface area contributed by atoms with E-state index in [0.29, 0.717) is 0 Å². The van der Waals surface area contributed by atoms with Gasteiger partial charge in [-0.05, 0) is 83.5 Å². The van der Waals surface area contributed by atoms with E-state index in [2.05, 4.69) is 174 Å². The third-order valence-corrected chi connectivity index (χ3v) is 10.5. The molecule has 54 heavy (non-hydrogen) atoms. The van der Waals surface area contributed by atoms with Gasteiger partial charge in [-0.1, -0.05) is 155 Å². The molecule has 4 heteroatoms. The summed E-state index contributed by atoms with van der Waals surface area (Å²) in [7, 11) is 0. The Kier molecular flexibility index (Phi) is 10.3. The molecule has 0 aliphatic rings. The van der Waals surface area contributed by atoms with Crippen molar-refractivity contribution in [3.63, 3.8) is 0 Å². The number of fused-ring (bicyclic) bond motifs is 3. The van der Waals surface area contributed by atoms with Crippen LogP contribution < -0.4 is 4.98 Å². The van der Waals surface area contributed by atoms with Crippen LogP contribution in [-0.2, 0) is 42.7 Å². The van der Waals surface area contributed by atoms with Crippen molar-refractivity contribution < 1.29 is 21.1 Å². The predicted octanol–water partition coefficient (Wildman–Crippen LogP) is 13.4. The molecule has 3 aromatic heterocycles. The molecule has 0 saturated carbocycles. The van der Waals surface area contributed by atoms with Gasteiger partial charge < -0.3 is 4.98 Å². The minimum absolute atomic E-state index is 0. The van der Waals surface area contributed by atoms with Crippen LogP contribution in [0, 0.1) is 6.07 Å². The smallest absolute Gasteiger partial charge is 0.662 e.